The number of aliphatic hydroxyl groups is 1. The lowest BCUT2D eigenvalue weighted by Crippen LogP contribution is -2.14. The summed E-state index contributed by atoms with van der Waals surface area (Å²) in [5.41, 5.74) is 1.07. The van der Waals surface area contributed by atoms with E-state index >= 15 is 0 Å². The molecular formula is C16H13ClN2O2. The van der Waals surface area contributed by atoms with Crippen LogP contribution < -0.4 is 5.32 Å². The summed E-state index contributed by atoms with van der Waals surface area (Å²) in [6.45, 7) is -0.00391. The van der Waals surface area contributed by atoms with Gasteiger partial charge in [0, 0.05) is 18.2 Å². The van der Waals surface area contributed by atoms with Crippen LogP contribution in [0.5, 0.6) is 0 Å². The smallest absolute Gasteiger partial charge is 0.258 e. The van der Waals surface area contributed by atoms with Crippen molar-refractivity contribution in [3.63, 3.8) is 0 Å². The highest BCUT2D eigenvalue weighted by Crippen LogP contribution is 2.13. The van der Waals surface area contributed by atoms with Gasteiger partial charge in [-0.1, -0.05) is 35.6 Å². The van der Waals surface area contributed by atoms with Crippen molar-refractivity contribution in [3.8, 4) is 11.8 Å². The summed E-state index contributed by atoms with van der Waals surface area (Å²) < 4.78 is 0. The predicted octanol–water partition coefficient (Wildman–Crippen LogP) is 2.72. The minimum atomic E-state index is -0.293. The normalized spacial score (nSPS) is 9.62. The van der Waals surface area contributed by atoms with Crippen LogP contribution in [0.2, 0.25) is 5.02 Å². The Morgan fingerprint density at radius 2 is 2.10 bits per heavy atom. The molecule has 2 rings (SSSR count). The highest BCUT2D eigenvalue weighted by atomic mass is 35.5. The Morgan fingerprint density at radius 3 is 2.81 bits per heavy atom. The van der Waals surface area contributed by atoms with Gasteiger partial charge in [-0.2, -0.15) is 0 Å². The molecule has 5 heteroatoms. The van der Waals surface area contributed by atoms with E-state index in [1.54, 1.807) is 36.4 Å². The number of hydrogen-bond acceptors (Lipinski definition) is 3. The first kappa shape index (κ1) is 15.0. The summed E-state index contributed by atoms with van der Waals surface area (Å²) >= 11 is 5.75. The van der Waals surface area contributed by atoms with Crippen molar-refractivity contribution in [1.82, 2.24) is 4.98 Å². The average molecular weight is 301 g/mol. The number of halogens is 1. The zero-order valence-corrected chi connectivity index (χ0v) is 11.9. The molecule has 1 heterocycles. The van der Waals surface area contributed by atoms with E-state index in [-0.39, 0.29) is 12.5 Å². The summed E-state index contributed by atoms with van der Waals surface area (Å²) in [5.74, 6) is 5.81. The number of nitrogens with one attached hydrogen (secondary N) is 1. The lowest BCUT2D eigenvalue weighted by Gasteiger charge is -2.06. The molecule has 0 fully saturated rings. The Kier molecular flexibility index (Phi) is 5.33. The highest BCUT2D eigenvalue weighted by Gasteiger charge is 2.10. The van der Waals surface area contributed by atoms with Crippen molar-refractivity contribution in [2.75, 3.05) is 11.9 Å². The van der Waals surface area contributed by atoms with Gasteiger partial charge in [0.05, 0.1) is 17.2 Å². The fourth-order valence-corrected chi connectivity index (χ4v) is 1.75. The van der Waals surface area contributed by atoms with E-state index in [0.29, 0.717) is 28.4 Å². The van der Waals surface area contributed by atoms with Crippen LogP contribution in [0.25, 0.3) is 0 Å². The van der Waals surface area contributed by atoms with E-state index in [1.807, 2.05) is 0 Å². The third-order valence-corrected chi connectivity index (χ3v) is 2.82. The number of pyridine rings is 1. The number of amides is 1. The molecule has 0 radical (unpaired) electrons. The second-order valence-corrected chi connectivity index (χ2v) is 4.57. The van der Waals surface area contributed by atoms with Gasteiger partial charge in [0.1, 0.15) is 5.82 Å². The second-order valence-electron chi connectivity index (χ2n) is 4.14. The number of carbonyl (C=O) groups is 1. The largest absolute Gasteiger partial charge is 0.395 e. The molecule has 2 N–H and O–H groups in total. The minimum absolute atomic E-state index is 0.00391. The fourth-order valence-electron chi connectivity index (χ4n) is 1.64. The number of rotatable bonds is 3. The molecule has 21 heavy (non-hydrogen) atoms. The molecule has 1 amide bonds. The van der Waals surface area contributed by atoms with E-state index in [9.17, 15) is 4.79 Å². The van der Waals surface area contributed by atoms with E-state index in [4.69, 9.17) is 16.7 Å². The van der Waals surface area contributed by atoms with E-state index in [0.717, 1.165) is 0 Å². The van der Waals surface area contributed by atoms with Crippen LogP contribution in [0, 0.1) is 11.8 Å². The van der Waals surface area contributed by atoms with E-state index in [2.05, 4.69) is 22.1 Å². The molecule has 2 aromatic rings. The maximum absolute atomic E-state index is 12.3. The van der Waals surface area contributed by atoms with Crippen LogP contribution >= 0.6 is 11.6 Å². The molecule has 0 aliphatic rings. The van der Waals surface area contributed by atoms with Crippen LogP contribution in [-0.2, 0) is 0 Å². The Morgan fingerprint density at radius 1 is 1.29 bits per heavy atom. The second kappa shape index (κ2) is 7.44. The third kappa shape index (κ3) is 4.32. The molecule has 0 spiro atoms. The molecular weight excluding hydrogens is 288 g/mol. The zero-order valence-electron chi connectivity index (χ0n) is 11.1. The SMILES string of the molecule is O=C(Nc1ccc(Cl)cn1)c1ccccc1C#CCCO. The number of aromatic nitrogens is 1. The minimum Gasteiger partial charge on any atom is -0.395 e. The van der Waals surface area contributed by atoms with Gasteiger partial charge in [-0.05, 0) is 24.3 Å². The molecule has 0 saturated heterocycles. The Labute approximate surface area is 127 Å². The van der Waals surface area contributed by atoms with Crippen LogP contribution in [0.1, 0.15) is 22.3 Å². The topological polar surface area (TPSA) is 62.2 Å². The first-order valence-electron chi connectivity index (χ1n) is 6.32. The van der Waals surface area contributed by atoms with Gasteiger partial charge < -0.3 is 10.4 Å². The standard InChI is InChI=1S/C16H13ClN2O2/c17-13-8-9-15(18-11-13)19-16(21)14-7-2-1-5-12(14)6-3-4-10-20/h1-2,5,7-9,11,20H,4,10H2,(H,18,19,21). The molecule has 4 nitrogen and oxygen atoms in total. The molecule has 0 atom stereocenters. The summed E-state index contributed by atoms with van der Waals surface area (Å²) in [6, 6.07) is 10.3. The van der Waals surface area contributed by atoms with Crippen LogP contribution in [0.3, 0.4) is 0 Å². The van der Waals surface area contributed by atoms with Gasteiger partial charge in [0.25, 0.3) is 5.91 Å². The average Bonchev–Trinajstić information content (AvgIpc) is 2.50. The van der Waals surface area contributed by atoms with Gasteiger partial charge >= 0.3 is 0 Å². The quantitative estimate of drug-likeness (QED) is 0.857. The molecule has 1 aromatic heterocycles. The van der Waals surface area contributed by atoms with Crippen molar-refractivity contribution in [2.45, 2.75) is 6.42 Å². The molecule has 0 aliphatic carbocycles. The predicted molar refractivity (Wildman–Crippen MR) is 82.2 cm³/mol. The number of aliphatic hydroxyl groups excluding tert-OH is 1. The van der Waals surface area contributed by atoms with E-state index < -0.39 is 0 Å². The van der Waals surface area contributed by atoms with Crippen LogP contribution in [0.15, 0.2) is 42.6 Å². The third-order valence-electron chi connectivity index (χ3n) is 2.60. The lowest BCUT2D eigenvalue weighted by atomic mass is 10.1. The van der Waals surface area contributed by atoms with Crippen molar-refractivity contribution in [2.24, 2.45) is 0 Å². The van der Waals surface area contributed by atoms with Crippen LogP contribution in [-0.4, -0.2) is 22.6 Å². The first-order valence-corrected chi connectivity index (χ1v) is 6.70. The summed E-state index contributed by atoms with van der Waals surface area (Å²) in [7, 11) is 0. The highest BCUT2D eigenvalue weighted by molar-refractivity contribution is 6.30. The summed E-state index contributed by atoms with van der Waals surface area (Å²) in [5, 5.41) is 11.9. The van der Waals surface area contributed by atoms with Crippen molar-refractivity contribution < 1.29 is 9.90 Å². The molecule has 1 aromatic carbocycles. The Hall–Kier alpha value is -2.35. The molecule has 0 saturated carbocycles. The molecule has 0 unspecified atom stereocenters. The van der Waals surface area contributed by atoms with Gasteiger partial charge in [-0.25, -0.2) is 4.98 Å². The van der Waals surface area contributed by atoms with Crippen LogP contribution in [0.4, 0.5) is 5.82 Å². The summed E-state index contributed by atoms with van der Waals surface area (Å²) in [6.07, 6.45) is 1.83. The molecule has 0 aliphatic heterocycles. The fraction of sp³-hybridized carbons (Fsp3) is 0.125. The lowest BCUT2D eigenvalue weighted by molar-refractivity contribution is 0.102. The van der Waals surface area contributed by atoms with Gasteiger partial charge in [-0.3, -0.25) is 4.79 Å². The molecule has 106 valence electrons. The van der Waals surface area contributed by atoms with Gasteiger partial charge in [-0.15, -0.1) is 0 Å². The van der Waals surface area contributed by atoms with E-state index in [1.165, 1.54) is 6.20 Å². The van der Waals surface area contributed by atoms with Crippen molar-refractivity contribution in [1.29, 1.82) is 0 Å². The zero-order chi connectivity index (χ0) is 15.1. The Bertz CT molecular complexity index is 687. The summed E-state index contributed by atoms with van der Waals surface area (Å²) in [4.78, 5) is 16.3. The number of anilines is 1. The number of carbonyl (C=O) groups excluding carboxylic acids is 1. The van der Waals surface area contributed by atoms with Crippen molar-refractivity contribution in [3.05, 3.63) is 58.7 Å². The van der Waals surface area contributed by atoms with Gasteiger partial charge in [0.15, 0.2) is 0 Å². The number of benzene rings is 1. The first-order chi connectivity index (χ1) is 10.2. The number of nitrogens with zero attached hydrogens (tertiary/aromatic N) is 1. The monoisotopic (exact) mass is 300 g/mol. The molecule has 0 bridgehead atoms. The Balaban J connectivity index is 2.19. The number of hydrogen-bond donors (Lipinski definition) is 2. The van der Waals surface area contributed by atoms with Gasteiger partial charge in [0.2, 0.25) is 0 Å². The maximum atomic E-state index is 12.3. The maximum Gasteiger partial charge on any atom is 0.258 e. The van der Waals surface area contributed by atoms with Crippen molar-refractivity contribution >= 4 is 23.3 Å².